The highest BCUT2D eigenvalue weighted by molar-refractivity contribution is 6.35. The van der Waals surface area contributed by atoms with E-state index in [1.807, 2.05) is 26.0 Å². The van der Waals surface area contributed by atoms with Crippen LogP contribution < -0.4 is 10.6 Å². The topological polar surface area (TPSA) is 58.2 Å². The van der Waals surface area contributed by atoms with Gasteiger partial charge < -0.3 is 10.6 Å². The van der Waals surface area contributed by atoms with Crippen LogP contribution in [0.5, 0.6) is 0 Å². The molecule has 126 valence electrons. The standard InChI is InChI=1S/C18H18Cl2N2O2/c1-11-5-3-4-6-14(11)18(24)21-10-17(23)22-12(2)15-8-7-13(19)9-16(15)20/h3-9,12H,10H2,1-2H3,(H,21,24)(H,22,23). The Labute approximate surface area is 151 Å². The van der Waals surface area contributed by atoms with Crippen molar-refractivity contribution in [2.24, 2.45) is 0 Å². The third-order valence-electron chi connectivity index (χ3n) is 3.61. The van der Waals surface area contributed by atoms with Gasteiger partial charge in [-0.2, -0.15) is 0 Å². The number of nitrogens with one attached hydrogen (secondary N) is 2. The summed E-state index contributed by atoms with van der Waals surface area (Å²) >= 11 is 12.0. The first-order valence-corrected chi connectivity index (χ1v) is 8.22. The third-order valence-corrected chi connectivity index (χ3v) is 4.17. The molecule has 1 atom stereocenters. The fourth-order valence-electron chi connectivity index (χ4n) is 2.31. The molecule has 0 aromatic heterocycles. The van der Waals surface area contributed by atoms with Crippen LogP contribution in [0.4, 0.5) is 0 Å². The number of amides is 2. The molecule has 2 aromatic rings. The van der Waals surface area contributed by atoms with E-state index < -0.39 is 0 Å². The molecule has 0 heterocycles. The van der Waals surface area contributed by atoms with Crippen molar-refractivity contribution in [3.05, 3.63) is 69.2 Å². The summed E-state index contributed by atoms with van der Waals surface area (Å²) in [7, 11) is 0. The number of halogens is 2. The van der Waals surface area contributed by atoms with Crippen molar-refractivity contribution in [3.8, 4) is 0 Å². The van der Waals surface area contributed by atoms with E-state index in [4.69, 9.17) is 23.2 Å². The van der Waals surface area contributed by atoms with Crippen LogP contribution in [0.3, 0.4) is 0 Å². The SMILES string of the molecule is Cc1ccccc1C(=O)NCC(=O)NC(C)c1ccc(Cl)cc1Cl. The highest BCUT2D eigenvalue weighted by Crippen LogP contribution is 2.25. The van der Waals surface area contributed by atoms with Gasteiger partial charge in [-0.05, 0) is 43.2 Å². The lowest BCUT2D eigenvalue weighted by Gasteiger charge is -2.16. The van der Waals surface area contributed by atoms with Crippen LogP contribution in [0.25, 0.3) is 0 Å². The van der Waals surface area contributed by atoms with E-state index in [0.717, 1.165) is 11.1 Å². The van der Waals surface area contributed by atoms with Crippen molar-refractivity contribution in [1.82, 2.24) is 10.6 Å². The molecule has 2 N–H and O–H groups in total. The van der Waals surface area contributed by atoms with Gasteiger partial charge in [0.15, 0.2) is 0 Å². The number of aryl methyl sites for hydroxylation is 1. The Hall–Kier alpha value is -2.04. The smallest absolute Gasteiger partial charge is 0.251 e. The molecule has 0 aliphatic rings. The van der Waals surface area contributed by atoms with Gasteiger partial charge in [-0.15, -0.1) is 0 Å². The first kappa shape index (κ1) is 18.3. The molecule has 2 aromatic carbocycles. The lowest BCUT2D eigenvalue weighted by atomic mass is 10.1. The van der Waals surface area contributed by atoms with Gasteiger partial charge in [-0.25, -0.2) is 0 Å². The Morgan fingerprint density at radius 1 is 1.12 bits per heavy atom. The zero-order valence-corrected chi connectivity index (χ0v) is 14.9. The lowest BCUT2D eigenvalue weighted by Crippen LogP contribution is -2.38. The Morgan fingerprint density at radius 3 is 2.50 bits per heavy atom. The maximum atomic E-state index is 12.1. The third kappa shape index (κ3) is 4.73. The van der Waals surface area contributed by atoms with Crippen LogP contribution in [-0.2, 0) is 4.79 Å². The van der Waals surface area contributed by atoms with E-state index >= 15 is 0 Å². The Morgan fingerprint density at radius 2 is 1.83 bits per heavy atom. The fraction of sp³-hybridized carbons (Fsp3) is 0.222. The lowest BCUT2D eigenvalue weighted by molar-refractivity contribution is -0.120. The minimum absolute atomic E-state index is 0.108. The van der Waals surface area contributed by atoms with Gasteiger partial charge in [0.05, 0.1) is 12.6 Å². The Kier molecular flexibility index (Phi) is 6.23. The summed E-state index contributed by atoms with van der Waals surface area (Å²) in [6.07, 6.45) is 0. The van der Waals surface area contributed by atoms with Crippen molar-refractivity contribution in [3.63, 3.8) is 0 Å². The molecule has 2 rings (SSSR count). The number of hydrogen-bond acceptors (Lipinski definition) is 2. The molecule has 0 aliphatic carbocycles. The van der Waals surface area contributed by atoms with Crippen molar-refractivity contribution < 1.29 is 9.59 Å². The predicted octanol–water partition coefficient (Wildman–Crippen LogP) is 3.91. The summed E-state index contributed by atoms with van der Waals surface area (Å²) < 4.78 is 0. The van der Waals surface area contributed by atoms with Crippen LogP contribution in [0, 0.1) is 6.92 Å². The van der Waals surface area contributed by atoms with Gasteiger partial charge in [0.1, 0.15) is 0 Å². The van der Waals surface area contributed by atoms with Crippen molar-refractivity contribution >= 4 is 35.0 Å². The summed E-state index contributed by atoms with van der Waals surface area (Å²) in [5, 5.41) is 6.43. The van der Waals surface area contributed by atoms with E-state index in [-0.39, 0.29) is 24.4 Å². The molecular weight excluding hydrogens is 347 g/mol. The second-order valence-corrected chi connectivity index (χ2v) is 6.30. The normalized spacial score (nSPS) is 11.7. The number of carbonyl (C=O) groups excluding carboxylic acids is 2. The summed E-state index contributed by atoms with van der Waals surface area (Å²) in [5.74, 6) is -0.573. The Bertz CT molecular complexity index is 762. The van der Waals surface area contributed by atoms with Crippen LogP contribution in [0.15, 0.2) is 42.5 Å². The zero-order valence-electron chi connectivity index (χ0n) is 13.4. The number of rotatable bonds is 5. The average Bonchev–Trinajstić information content (AvgIpc) is 2.52. The van der Waals surface area contributed by atoms with Gasteiger partial charge >= 0.3 is 0 Å². The summed E-state index contributed by atoms with van der Waals surface area (Å²) in [4.78, 5) is 24.1. The molecule has 2 amide bonds. The molecule has 0 saturated carbocycles. The minimum atomic E-state index is -0.296. The van der Waals surface area contributed by atoms with E-state index in [1.54, 1.807) is 30.3 Å². The van der Waals surface area contributed by atoms with Crippen LogP contribution >= 0.6 is 23.2 Å². The van der Waals surface area contributed by atoms with Crippen LogP contribution in [0.1, 0.15) is 34.5 Å². The molecule has 0 spiro atoms. The summed E-state index contributed by atoms with van der Waals surface area (Å²) in [6.45, 7) is 3.55. The summed E-state index contributed by atoms with van der Waals surface area (Å²) in [6, 6.07) is 12.0. The minimum Gasteiger partial charge on any atom is -0.348 e. The quantitative estimate of drug-likeness (QED) is 0.844. The highest BCUT2D eigenvalue weighted by Gasteiger charge is 2.14. The van der Waals surface area contributed by atoms with Crippen molar-refractivity contribution in [1.29, 1.82) is 0 Å². The number of hydrogen-bond donors (Lipinski definition) is 2. The predicted molar refractivity (Wildman–Crippen MR) is 96.5 cm³/mol. The van der Waals surface area contributed by atoms with Gasteiger partial charge in [0.25, 0.3) is 5.91 Å². The molecule has 24 heavy (non-hydrogen) atoms. The first-order valence-electron chi connectivity index (χ1n) is 7.46. The van der Waals surface area contributed by atoms with E-state index in [0.29, 0.717) is 15.6 Å². The average molecular weight is 365 g/mol. The van der Waals surface area contributed by atoms with Crippen LogP contribution in [-0.4, -0.2) is 18.4 Å². The fourth-order valence-corrected chi connectivity index (χ4v) is 2.88. The molecular formula is C18H18Cl2N2O2. The van der Waals surface area contributed by atoms with Gasteiger partial charge in [0.2, 0.25) is 5.91 Å². The van der Waals surface area contributed by atoms with Crippen molar-refractivity contribution in [2.75, 3.05) is 6.54 Å². The largest absolute Gasteiger partial charge is 0.348 e. The zero-order chi connectivity index (χ0) is 17.7. The Balaban J connectivity index is 1.91. The molecule has 0 radical (unpaired) electrons. The molecule has 6 heteroatoms. The maximum absolute atomic E-state index is 12.1. The highest BCUT2D eigenvalue weighted by atomic mass is 35.5. The maximum Gasteiger partial charge on any atom is 0.251 e. The molecule has 0 saturated heterocycles. The van der Waals surface area contributed by atoms with Crippen LogP contribution in [0.2, 0.25) is 10.0 Å². The molecule has 4 nitrogen and oxygen atoms in total. The molecule has 0 bridgehead atoms. The molecule has 1 unspecified atom stereocenters. The molecule has 0 fully saturated rings. The molecule has 0 aliphatic heterocycles. The second kappa shape index (κ2) is 8.18. The van der Waals surface area contributed by atoms with Gasteiger partial charge in [-0.1, -0.05) is 47.5 Å². The first-order chi connectivity index (χ1) is 11.4. The van der Waals surface area contributed by atoms with E-state index in [2.05, 4.69) is 10.6 Å². The van der Waals surface area contributed by atoms with E-state index in [1.165, 1.54) is 0 Å². The summed E-state index contributed by atoms with van der Waals surface area (Å²) in [5.41, 5.74) is 2.18. The second-order valence-electron chi connectivity index (χ2n) is 5.45. The van der Waals surface area contributed by atoms with E-state index in [9.17, 15) is 9.59 Å². The van der Waals surface area contributed by atoms with Gasteiger partial charge in [-0.3, -0.25) is 9.59 Å². The number of carbonyl (C=O) groups is 2. The number of benzene rings is 2. The van der Waals surface area contributed by atoms with Gasteiger partial charge in [0, 0.05) is 15.6 Å². The monoisotopic (exact) mass is 364 g/mol. The van der Waals surface area contributed by atoms with Crippen molar-refractivity contribution in [2.45, 2.75) is 19.9 Å².